The second-order valence-corrected chi connectivity index (χ2v) is 11.0. The van der Waals surface area contributed by atoms with Crippen LogP contribution in [0.25, 0.3) is 77.0 Å². The largest absolute Gasteiger partial charge is 0.309 e. The molecule has 0 saturated carbocycles. The third kappa shape index (κ3) is 2.64. The van der Waals surface area contributed by atoms with Gasteiger partial charge in [-0.1, -0.05) is 66.7 Å². The molecule has 190 valence electrons. The van der Waals surface area contributed by atoms with Crippen LogP contribution in [-0.4, -0.2) is 18.9 Å². The fourth-order valence-electron chi connectivity index (χ4n) is 7.38. The average Bonchev–Trinajstić information content (AvgIpc) is 3.71. The van der Waals surface area contributed by atoms with Crippen molar-refractivity contribution in [3.63, 3.8) is 0 Å². The lowest BCUT2D eigenvalue weighted by Crippen LogP contribution is -1.95. The number of benzene rings is 5. The molecule has 0 spiro atoms. The van der Waals surface area contributed by atoms with Crippen LogP contribution in [0.5, 0.6) is 0 Å². The van der Waals surface area contributed by atoms with Gasteiger partial charge in [0.15, 0.2) is 0 Å². The highest BCUT2D eigenvalue weighted by Gasteiger charge is 2.28. The Hall–Kier alpha value is -5.48. The molecule has 0 radical (unpaired) electrons. The van der Waals surface area contributed by atoms with Crippen molar-refractivity contribution in [2.45, 2.75) is 6.42 Å². The second kappa shape index (κ2) is 7.58. The van der Waals surface area contributed by atoms with E-state index in [2.05, 4.69) is 123 Å². The van der Waals surface area contributed by atoms with Gasteiger partial charge in [0, 0.05) is 33.4 Å². The van der Waals surface area contributed by atoms with Gasteiger partial charge in [-0.25, -0.2) is 4.98 Å². The Morgan fingerprint density at radius 2 is 1.41 bits per heavy atom. The molecule has 1 aliphatic carbocycles. The van der Waals surface area contributed by atoms with Crippen LogP contribution in [0.1, 0.15) is 11.1 Å². The van der Waals surface area contributed by atoms with Gasteiger partial charge in [-0.3, -0.25) is 9.38 Å². The molecule has 0 N–H and O–H groups in total. The molecular formula is C37H22N4. The van der Waals surface area contributed by atoms with Gasteiger partial charge in [-0.05, 0) is 76.5 Å². The first-order chi connectivity index (χ1) is 20.4. The second-order valence-electron chi connectivity index (χ2n) is 11.0. The highest BCUT2D eigenvalue weighted by molar-refractivity contribution is 6.21. The predicted molar refractivity (Wildman–Crippen MR) is 168 cm³/mol. The zero-order valence-electron chi connectivity index (χ0n) is 22.0. The van der Waals surface area contributed by atoms with Crippen molar-refractivity contribution in [1.82, 2.24) is 18.9 Å². The molecule has 4 heterocycles. The molecule has 0 saturated heterocycles. The van der Waals surface area contributed by atoms with E-state index in [1.54, 1.807) is 0 Å². The van der Waals surface area contributed by atoms with Gasteiger partial charge in [0.2, 0.25) is 0 Å². The SMILES string of the molecule is c1ccc(-n2c3ccccc3c3c4c(ccc32)Cc2c-4ccc3c4ccncc4n4c5ccccc5nc4c23)cc1. The average molecular weight is 523 g/mol. The topological polar surface area (TPSA) is 35.1 Å². The van der Waals surface area contributed by atoms with Gasteiger partial charge in [0.1, 0.15) is 5.65 Å². The monoisotopic (exact) mass is 522 g/mol. The van der Waals surface area contributed by atoms with Gasteiger partial charge in [0.25, 0.3) is 0 Å². The van der Waals surface area contributed by atoms with Crippen LogP contribution in [0, 0.1) is 0 Å². The Kier molecular flexibility index (Phi) is 3.95. The van der Waals surface area contributed by atoms with Crippen LogP contribution >= 0.6 is 0 Å². The molecule has 1 aliphatic rings. The lowest BCUT2D eigenvalue weighted by Gasteiger charge is -2.12. The lowest BCUT2D eigenvalue weighted by molar-refractivity contribution is 1.18. The highest BCUT2D eigenvalue weighted by atomic mass is 15.0. The van der Waals surface area contributed by atoms with Crippen LogP contribution in [0.3, 0.4) is 0 Å². The number of fused-ring (bicyclic) bond motifs is 16. The number of nitrogens with zero attached hydrogens (tertiary/aromatic N) is 4. The molecule has 0 atom stereocenters. The molecule has 5 aromatic carbocycles. The van der Waals surface area contributed by atoms with Gasteiger partial charge in [0.05, 0.1) is 33.8 Å². The van der Waals surface area contributed by atoms with E-state index >= 15 is 0 Å². The number of para-hydroxylation sites is 4. The Balaban J connectivity index is 1.38. The molecule has 0 aliphatic heterocycles. The van der Waals surface area contributed by atoms with Crippen LogP contribution in [-0.2, 0) is 6.42 Å². The molecule has 4 nitrogen and oxygen atoms in total. The summed E-state index contributed by atoms with van der Waals surface area (Å²) in [6.45, 7) is 0. The summed E-state index contributed by atoms with van der Waals surface area (Å²) in [6.07, 6.45) is 4.76. The summed E-state index contributed by atoms with van der Waals surface area (Å²) in [4.78, 5) is 9.72. The van der Waals surface area contributed by atoms with Gasteiger partial charge in [-0.2, -0.15) is 0 Å². The number of hydrogen-bond acceptors (Lipinski definition) is 2. The summed E-state index contributed by atoms with van der Waals surface area (Å²) >= 11 is 0. The maximum absolute atomic E-state index is 5.22. The third-order valence-corrected chi connectivity index (χ3v) is 9.00. The number of rotatable bonds is 1. The van der Waals surface area contributed by atoms with Crippen molar-refractivity contribution < 1.29 is 0 Å². The first kappa shape index (κ1) is 21.4. The summed E-state index contributed by atoms with van der Waals surface area (Å²) in [5, 5.41) is 6.30. The summed E-state index contributed by atoms with van der Waals surface area (Å²) < 4.78 is 4.71. The standard InChI is InChI=1S/C37H22N4/c1-2-8-23(9-3-1)40-30-12-6-4-10-27(30)36-32(40)17-14-22-20-28-26(34(22)36)16-15-25-24-18-19-38-21-33(24)41-31-13-7-5-11-29(31)39-37(41)35(25)28/h1-19,21H,20H2. The Labute approximate surface area is 234 Å². The Morgan fingerprint density at radius 3 is 2.34 bits per heavy atom. The smallest absolute Gasteiger partial charge is 0.146 e. The van der Waals surface area contributed by atoms with Crippen molar-refractivity contribution in [1.29, 1.82) is 0 Å². The fourth-order valence-corrected chi connectivity index (χ4v) is 7.38. The minimum absolute atomic E-state index is 0.887. The fraction of sp³-hybridized carbons (Fsp3) is 0.0270. The molecule has 0 fully saturated rings. The van der Waals surface area contributed by atoms with Crippen molar-refractivity contribution >= 4 is 60.2 Å². The molecule has 0 bridgehead atoms. The van der Waals surface area contributed by atoms with Crippen LogP contribution in [0.2, 0.25) is 0 Å². The first-order valence-corrected chi connectivity index (χ1v) is 14.1. The highest BCUT2D eigenvalue weighted by Crippen LogP contribution is 2.49. The van der Waals surface area contributed by atoms with Gasteiger partial charge in [-0.15, -0.1) is 0 Å². The van der Waals surface area contributed by atoms with Crippen LogP contribution < -0.4 is 0 Å². The molecular weight excluding hydrogens is 500 g/mol. The third-order valence-electron chi connectivity index (χ3n) is 9.00. The van der Waals surface area contributed by atoms with Gasteiger partial charge < -0.3 is 4.57 Å². The van der Waals surface area contributed by atoms with E-state index in [4.69, 9.17) is 4.98 Å². The van der Waals surface area contributed by atoms with E-state index in [-0.39, 0.29) is 0 Å². The van der Waals surface area contributed by atoms with Crippen molar-refractivity contribution in [3.8, 4) is 16.8 Å². The summed E-state index contributed by atoms with van der Waals surface area (Å²) in [6, 6.07) is 39.4. The first-order valence-electron chi connectivity index (χ1n) is 14.1. The maximum Gasteiger partial charge on any atom is 0.146 e. The van der Waals surface area contributed by atoms with Gasteiger partial charge >= 0.3 is 0 Å². The number of imidazole rings is 1. The molecule has 10 rings (SSSR count). The number of hydrogen-bond donors (Lipinski definition) is 0. The quantitative estimate of drug-likeness (QED) is 0.202. The number of aromatic nitrogens is 4. The van der Waals surface area contributed by atoms with Crippen LogP contribution in [0.15, 0.2) is 122 Å². The maximum atomic E-state index is 5.22. The lowest BCUT2D eigenvalue weighted by atomic mass is 9.96. The summed E-state index contributed by atoms with van der Waals surface area (Å²) in [7, 11) is 0. The predicted octanol–water partition coefficient (Wildman–Crippen LogP) is 8.86. The number of pyridine rings is 2. The van der Waals surface area contributed by atoms with Crippen molar-refractivity contribution in [2.24, 2.45) is 0 Å². The Morgan fingerprint density at radius 1 is 0.585 bits per heavy atom. The normalized spacial score (nSPS) is 12.8. The molecule has 9 aromatic rings. The minimum Gasteiger partial charge on any atom is -0.309 e. The molecule has 0 unspecified atom stereocenters. The van der Waals surface area contributed by atoms with Crippen LogP contribution in [0.4, 0.5) is 0 Å². The van der Waals surface area contributed by atoms with Crippen molar-refractivity contribution in [2.75, 3.05) is 0 Å². The van der Waals surface area contributed by atoms with E-state index in [1.807, 2.05) is 12.4 Å². The van der Waals surface area contributed by atoms with E-state index in [0.717, 1.165) is 28.6 Å². The molecule has 0 amide bonds. The molecule has 41 heavy (non-hydrogen) atoms. The van der Waals surface area contributed by atoms with E-state index in [0.29, 0.717) is 0 Å². The molecule has 4 aromatic heterocycles. The van der Waals surface area contributed by atoms with E-state index in [9.17, 15) is 0 Å². The zero-order valence-corrected chi connectivity index (χ0v) is 22.0. The zero-order chi connectivity index (χ0) is 26.7. The minimum atomic E-state index is 0.887. The summed E-state index contributed by atoms with van der Waals surface area (Å²) in [5.74, 6) is 0. The van der Waals surface area contributed by atoms with E-state index < -0.39 is 0 Å². The Bertz CT molecular complexity index is 2550. The van der Waals surface area contributed by atoms with Crippen molar-refractivity contribution in [3.05, 3.63) is 133 Å². The summed E-state index contributed by atoms with van der Waals surface area (Å²) in [5.41, 5.74) is 13.3. The molecule has 4 heteroatoms. The van der Waals surface area contributed by atoms with E-state index in [1.165, 1.54) is 65.9 Å².